The molecule has 0 radical (unpaired) electrons. The summed E-state index contributed by atoms with van der Waals surface area (Å²) >= 11 is 25.5. The molecule has 0 aliphatic rings. The highest BCUT2D eigenvalue weighted by Crippen LogP contribution is 2.38. The molecule has 1 aromatic heterocycles. The molecule has 3 aromatic rings. The van der Waals surface area contributed by atoms with E-state index in [0.29, 0.717) is 32.2 Å². The first-order valence-electron chi connectivity index (χ1n) is 7.51. The van der Waals surface area contributed by atoms with Crippen LogP contribution >= 0.6 is 58.2 Å². The highest BCUT2D eigenvalue weighted by atomic mass is 35.5. The normalized spacial score (nSPS) is 12.2. The molecule has 0 spiro atoms. The molecule has 0 saturated heterocycles. The van der Waals surface area contributed by atoms with Crippen molar-refractivity contribution in [2.45, 2.75) is 11.8 Å². The Hall–Kier alpha value is -1.17. The van der Waals surface area contributed by atoms with Crippen molar-refractivity contribution in [2.75, 3.05) is 0 Å². The topological polar surface area (TPSA) is 34.9 Å². The summed E-state index contributed by atoms with van der Waals surface area (Å²) in [5.74, 6) is 0. The van der Waals surface area contributed by atoms with Crippen LogP contribution in [-0.4, -0.2) is 14.7 Å². The lowest BCUT2D eigenvalue weighted by atomic mass is 10.1. The molecular formula is C18H12Cl4N2OS. The lowest BCUT2D eigenvalue weighted by molar-refractivity contribution is 0.108. The molecule has 134 valence electrons. The van der Waals surface area contributed by atoms with Crippen LogP contribution in [0.2, 0.25) is 20.1 Å². The van der Waals surface area contributed by atoms with E-state index in [2.05, 4.69) is 4.98 Å². The third-order valence-electron chi connectivity index (χ3n) is 3.65. The van der Waals surface area contributed by atoms with Crippen molar-refractivity contribution in [2.24, 2.45) is 0 Å². The third-order valence-corrected chi connectivity index (χ3v) is 6.09. The van der Waals surface area contributed by atoms with Crippen LogP contribution in [0.25, 0.3) is 0 Å². The molecule has 8 heteroatoms. The van der Waals surface area contributed by atoms with Gasteiger partial charge in [-0.2, -0.15) is 0 Å². The van der Waals surface area contributed by atoms with Crippen LogP contribution in [-0.2, 0) is 6.54 Å². The van der Waals surface area contributed by atoms with Crippen molar-refractivity contribution in [3.63, 3.8) is 0 Å². The Morgan fingerprint density at radius 3 is 2.50 bits per heavy atom. The van der Waals surface area contributed by atoms with Crippen LogP contribution in [0.3, 0.4) is 0 Å². The van der Waals surface area contributed by atoms with Crippen LogP contribution in [0.4, 0.5) is 0 Å². The first-order chi connectivity index (χ1) is 12.4. The highest BCUT2D eigenvalue weighted by molar-refractivity contribution is 8.14. The summed E-state index contributed by atoms with van der Waals surface area (Å²) in [7, 11) is 0. The zero-order chi connectivity index (χ0) is 18.7. The number of hydrogen-bond donors (Lipinski definition) is 0. The number of benzene rings is 2. The second-order valence-corrected chi connectivity index (χ2v) is 8.28. The smallest absolute Gasteiger partial charge is 0.220 e. The van der Waals surface area contributed by atoms with Gasteiger partial charge in [0.2, 0.25) is 5.12 Å². The third kappa shape index (κ3) is 4.76. The van der Waals surface area contributed by atoms with Crippen LogP contribution in [0.1, 0.15) is 21.2 Å². The molecule has 1 unspecified atom stereocenters. The summed E-state index contributed by atoms with van der Waals surface area (Å²) in [6.45, 7) is 0.527. The highest BCUT2D eigenvalue weighted by Gasteiger charge is 2.21. The van der Waals surface area contributed by atoms with Gasteiger partial charge in [-0.05, 0) is 35.9 Å². The molecule has 0 amide bonds. The summed E-state index contributed by atoms with van der Waals surface area (Å²) < 4.78 is 1.89. The van der Waals surface area contributed by atoms with Crippen molar-refractivity contribution in [1.29, 1.82) is 0 Å². The molecule has 3 nitrogen and oxygen atoms in total. The van der Waals surface area contributed by atoms with Gasteiger partial charge in [-0.25, -0.2) is 4.98 Å². The number of thioether (sulfide) groups is 1. The van der Waals surface area contributed by atoms with Gasteiger partial charge < -0.3 is 4.57 Å². The Balaban J connectivity index is 1.89. The Labute approximate surface area is 175 Å². The van der Waals surface area contributed by atoms with E-state index in [1.807, 2.05) is 16.8 Å². The molecule has 3 rings (SSSR count). The fourth-order valence-corrected chi connectivity index (χ4v) is 4.37. The summed E-state index contributed by atoms with van der Waals surface area (Å²) in [4.78, 5) is 16.8. The van der Waals surface area contributed by atoms with E-state index in [9.17, 15) is 4.79 Å². The Morgan fingerprint density at radius 1 is 1.04 bits per heavy atom. The second kappa shape index (κ2) is 8.68. The summed E-state index contributed by atoms with van der Waals surface area (Å²) in [5.41, 5.74) is 1.30. The zero-order valence-electron chi connectivity index (χ0n) is 13.2. The molecule has 26 heavy (non-hydrogen) atoms. The summed E-state index contributed by atoms with van der Waals surface area (Å²) in [6.07, 6.45) is 5.22. The SMILES string of the molecule is O=C(SC(Cn1ccnc1)c1ccc(Cl)cc1Cl)c1ccc(Cl)c(Cl)c1. The van der Waals surface area contributed by atoms with Crippen molar-refractivity contribution < 1.29 is 4.79 Å². The fraction of sp³-hybridized carbons (Fsp3) is 0.111. The molecule has 1 atom stereocenters. The molecule has 0 aliphatic heterocycles. The number of aromatic nitrogens is 2. The molecule has 0 N–H and O–H groups in total. The van der Waals surface area contributed by atoms with E-state index in [0.717, 1.165) is 5.56 Å². The van der Waals surface area contributed by atoms with E-state index in [1.165, 1.54) is 11.8 Å². The van der Waals surface area contributed by atoms with E-state index in [4.69, 9.17) is 46.4 Å². The quantitative estimate of drug-likeness (QED) is 0.432. The van der Waals surface area contributed by atoms with Crippen molar-refractivity contribution in [3.8, 4) is 0 Å². The van der Waals surface area contributed by atoms with Gasteiger partial charge in [0.15, 0.2) is 0 Å². The molecular weight excluding hydrogens is 434 g/mol. The van der Waals surface area contributed by atoms with Gasteiger partial charge in [0.05, 0.1) is 21.6 Å². The van der Waals surface area contributed by atoms with Gasteiger partial charge in [-0.1, -0.05) is 64.2 Å². The van der Waals surface area contributed by atoms with Gasteiger partial charge in [0.25, 0.3) is 0 Å². The van der Waals surface area contributed by atoms with E-state index >= 15 is 0 Å². The van der Waals surface area contributed by atoms with Gasteiger partial charge in [-0.3, -0.25) is 4.79 Å². The fourth-order valence-electron chi connectivity index (χ4n) is 2.37. The average Bonchev–Trinajstić information content (AvgIpc) is 3.10. The maximum atomic E-state index is 12.8. The lowest BCUT2D eigenvalue weighted by Crippen LogP contribution is -2.09. The molecule has 0 bridgehead atoms. The second-order valence-electron chi connectivity index (χ2n) is 5.45. The summed E-state index contributed by atoms with van der Waals surface area (Å²) in [6, 6.07) is 10.1. The molecule has 0 saturated carbocycles. The Bertz CT molecular complexity index is 931. The van der Waals surface area contributed by atoms with Gasteiger partial charge >= 0.3 is 0 Å². The van der Waals surface area contributed by atoms with Crippen LogP contribution in [0.15, 0.2) is 55.1 Å². The number of hydrogen-bond acceptors (Lipinski definition) is 3. The van der Waals surface area contributed by atoms with Gasteiger partial charge in [-0.15, -0.1) is 0 Å². The molecule has 0 aliphatic carbocycles. The minimum absolute atomic E-state index is 0.125. The largest absolute Gasteiger partial charge is 0.336 e. The number of rotatable bonds is 5. The number of carbonyl (C=O) groups is 1. The standard InChI is InChI=1S/C18H12Cl4N2OS/c19-12-2-3-13(15(21)8-12)17(9-24-6-5-23-10-24)26-18(25)11-1-4-14(20)16(22)7-11/h1-8,10,17H,9H2. The Morgan fingerprint density at radius 2 is 1.85 bits per heavy atom. The maximum absolute atomic E-state index is 12.8. The van der Waals surface area contributed by atoms with E-state index < -0.39 is 0 Å². The van der Waals surface area contributed by atoms with Gasteiger partial charge in [0, 0.05) is 34.5 Å². The maximum Gasteiger partial charge on any atom is 0.220 e. The molecule has 2 aromatic carbocycles. The van der Waals surface area contributed by atoms with Crippen LogP contribution in [0.5, 0.6) is 0 Å². The van der Waals surface area contributed by atoms with E-state index in [-0.39, 0.29) is 10.4 Å². The first kappa shape index (κ1) is 19.6. The summed E-state index contributed by atoms with van der Waals surface area (Å²) in [5, 5.41) is 1.45. The monoisotopic (exact) mass is 444 g/mol. The number of carbonyl (C=O) groups excluding carboxylic acids is 1. The number of nitrogens with zero attached hydrogens (tertiary/aromatic N) is 2. The van der Waals surface area contributed by atoms with Crippen molar-refractivity contribution in [3.05, 3.63) is 86.3 Å². The van der Waals surface area contributed by atoms with Crippen molar-refractivity contribution in [1.82, 2.24) is 9.55 Å². The zero-order valence-corrected chi connectivity index (χ0v) is 17.0. The van der Waals surface area contributed by atoms with Gasteiger partial charge in [0.1, 0.15) is 0 Å². The minimum Gasteiger partial charge on any atom is -0.336 e. The number of imidazole rings is 1. The first-order valence-corrected chi connectivity index (χ1v) is 9.90. The predicted octanol–water partition coefficient (Wildman–Crippen LogP) is 6.81. The Kier molecular flexibility index (Phi) is 6.54. The van der Waals surface area contributed by atoms with Crippen molar-refractivity contribution >= 4 is 63.3 Å². The average molecular weight is 446 g/mol. The molecule has 1 heterocycles. The van der Waals surface area contributed by atoms with E-state index in [1.54, 1.807) is 42.9 Å². The lowest BCUT2D eigenvalue weighted by Gasteiger charge is -2.18. The minimum atomic E-state index is -0.226. The van der Waals surface area contributed by atoms with Crippen LogP contribution in [0, 0.1) is 0 Å². The molecule has 0 fully saturated rings. The van der Waals surface area contributed by atoms with Crippen LogP contribution < -0.4 is 0 Å². The number of halogens is 4. The predicted molar refractivity (Wildman–Crippen MR) is 110 cm³/mol.